The van der Waals surface area contributed by atoms with Gasteiger partial charge in [0.05, 0.1) is 22.2 Å². The molecule has 0 saturated heterocycles. The highest BCUT2D eigenvalue weighted by atomic mass is 35.5. The van der Waals surface area contributed by atoms with Crippen LogP contribution in [0, 0.1) is 10.1 Å². The molecule has 0 bridgehead atoms. The number of ether oxygens (including phenoxy) is 1. The zero-order valence-corrected chi connectivity index (χ0v) is 16.4. The van der Waals surface area contributed by atoms with Crippen LogP contribution in [-0.4, -0.2) is 37.5 Å². The lowest BCUT2D eigenvalue weighted by atomic mass is 10.1. The average Bonchev–Trinajstić information content (AvgIpc) is 2.65. The molecule has 0 unspecified atom stereocenters. The number of nitro benzene ring substituents is 1. The van der Waals surface area contributed by atoms with Crippen LogP contribution in [0.2, 0.25) is 5.02 Å². The molecule has 0 aliphatic rings. The van der Waals surface area contributed by atoms with Crippen LogP contribution in [0.3, 0.4) is 0 Å². The van der Waals surface area contributed by atoms with Gasteiger partial charge in [-0.1, -0.05) is 23.7 Å². The Morgan fingerprint density at radius 1 is 1.25 bits per heavy atom. The van der Waals surface area contributed by atoms with Gasteiger partial charge >= 0.3 is 5.97 Å². The Bertz CT molecular complexity index is 901. The summed E-state index contributed by atoms with van der Waals surface area (Å²) in [7, 11) is 3.38. The number of anilines is 1. The predicted molar refractivity (Wildman–Crippen MR) is 106 cm³/mol. The Morgan fingerprint density at radius 3 is 2.57 bits per heavy atom. The summed E-state index contributed by atoms with van der Waals surface area (Å²) in [4.78, 5) is 36.5. The molecule has 0 spiro atoms. The number of rotatable bonds is 7. The van der Waals surface area contributed by atoms with Crippen molar-refractivity contribution in [3.63, 3.8) is 0 Å². The molecule has 2 aromatic rings. The number of nitrogens with one attached hydrogen (secondary N) is 1. The number of amides is 1. The van der Waals surface area contributed by atoms with E-state index in [0.717, 1.165) is 11.6 Å². The molecule has 0 saturated carbocycles. The van der Waals surface area contributed by atoms with Gasteiger partial charge < -0.3 is 15.0 Å². The quantitative estimate of drug-likeness (QED) is 0.430. The second-order valence-electron chi connectivity index (χ2n) is 6.27. The summed E-state index contributed by atoms with van der Waals surface area (Å²) < 4.78 is 5.05. The highest BCUT2D eigenvalue weighted by Gasteiger charge is 2.20. The van der Waals surface area contributed by atoms with Crippen molar-refractivity contribution in [3.8, 4) is 0 Å². The molecule has 2 rings (SSSR count). The van der Waals surface area contributed by atoms with E-state index >= 15 is 0 Å². The van der Waals surface area contributed by atoms with E-state index < -0.39 is 23.4 Å². The van der Waals surface area contributed by atoms with Crippen molar-refractivity contribution < 1.29 is 19.2 Å². The van der Waals surface area contributed by atoms with Gasteiger partial charge in [0.2, 0.25) is 0 Å². The van der Waals surface area contributed by atoms with E-state index in [-0.39, 0.29) is 17.3 Å². The number of carbonyl (C=O) groups excluding carboxylic acids is 2. The van der Waals surface area contributed by atoms with Gasteiger partial charge in [0.15, 0.2) is 6.61 Å². The first-order valence-electron chi connectivity index (χ1n) is 8.36. The first kappa shape index (κ1) is 21.2. The fourth-order valence-corrected chi connectivity index (χ4v) is 2.74. The summed E-state index contributed by atoms with van der Waals surface area (Å²) in [6.07, 6.45) is 0. The molecule has 0 aliphatic heterocycles. The highest BCUT2D eigenvalue weighted by Crippen LogP contribution is 2.25. The number of nitrogens with zero attached hydrogens (tertiary/aromatic N) is 2. The molecule has 9 heteroatoms. The van der Waals surface area contributed by atoms with Crippen molar-refractivity contribution in [1.82, 2.24) is 5.32 Å². The van der Waals surface area contributed by atoms with Gasteiger partial charge in [0, 0.05) is 31.3 Å². The number of non-ortho nitro benzene ring substituents is 1. The lowest BCUT2D eigenvalue weighted by Crippen LogP contribution is -2.31. The number of halogens is 1. The van der Waals surface area contributed by atoms with Crippen LogP contribution in [0.5, 0.6) is 0 Å². The Hall–Kier alpha value is -3.13. The van der Waals surface area contributed by atoms with Crippen LogP contribution in [0.15, 0.2) is 42.5 Å². The van der Waals surface area contributed by atoms with E-state index in [9.17, 15) is 19.7 Å². The van der Waals surface area contributed by atoms with Crippen molar-refractivity contribution in [2.24, 2.45) is 0 Å². The first-order valence-corrected chi connectivity index (χ1v) is 8.74. The minimum atomic E-state index is -0.821. The van der Waals surface area contributed by atoms with Crippen molar-refractivity contribution in [1.29, 1.82) is 0 Å². The van der Waals surface area contributed by atoms with Gasteiger partial charge in [-0.25, -0.2) is 4.79 Å². The molecule has 8 nitrogen and oxygen atoms in total. The predicted octanol–water partition coefficient (Wildman–Crippen LogP) is 3.35. The maximum Gasteiger partial charge on any atom is 0.341 e. The number of hydrogen-bond acceptors (Lipinski definition) is 6. The summed E-state index contributed by atoms with van der Waals surface area (Å²) in [6, 6.07) is 10.6. The van der Waals surface area contributed by atoms with Crippen molar-refractivity contribution in [2.45, 2.75) is 13.0 Å². The molecule has 0 aromatic heterocycles. The lowest BCUT2D eigenvalue weighted by molar-refractivity contribution is -0.384. The number of carbonyl (C=O) groups is 2. The largest absolute Gasteiger partial charge is 0.452 e. The minimum absolute atomic E-state index is 0.00916. The smallest absolute Gasteiger partial charge is 0.341 e. The maximum absolute atomic E-state index is 12.4. The Kier molecular flexibility index (Phi) is 6.94. The molecule has 1 atom stereocenters. The van der Waals surface area contributed by atoms with Crippen molar-refractivity contribution >= 4 is 34.9 Å². The normalized spacial score (nSPS) is 11.4. The molecule has 28 heavy (non-hydrogen) atoms. The lowest BCUT2D eigenvalue weighted by Gasteiger charge is -2.17. The van der Waals surface area contributed by atoms with Gasteiger partial charge in [-0.3, -0.25) is 14.9 Å². The Balaban J connectivity index is 2.04. The molecule has 0 heterocycles. The van der Waals surface area contributed by atoms with E-state index in [1.807, 2.05) is 6.07 Å². The highest BCUT2D eigenvalue weighted by molar-refractivity contribution is 6.30. The third-order valence-corrected chi connectivity index (χ3v) is 4.19. The van der Waals surface area contributed by atoms with Crippen LogP contribution in [-0.2, 0) is 9.53 Å². The van der Waals surface area contributed by atoms with Crippen LogP contribution >= 0.6 is 11.6 Å². The summed E-state index contributed by atoms with van der Waals surface area (Å²) in [6.45, 7) is 1.26. The van der Waals surface area contributed by atoms with Crippen LogP contribution < -0.4 is 10.2 Å². The van der Waals surface area contributed by atoms with Crippen LogP contribution in [0.1, 0.15) is 28.9 Å². The summed E-state index contributed by atoms with van der Waals surface area (Å²) in [5.41, 5.74) is 1.02. The van der Waals surface area contributed by atoms with Gasteiger partial charge in [-0.2, -0.15) is 0 Å². The Labute approximate surface area is 167 Å². The number of hydrogen-bond donors (Lipinski definition) is 1. The molecule has 0 aliphatic carbocycles. The molecular formula is C19H20ClN3O5. The van der Waals surface area contributed by atoms with E-state index in [4.69, 9.17) is 16.3 Å². The van der Waals surface area contributed by atoms with Crippen molar-refractivity contribution in [3.05, 3.63) is 68.7 Å². The fraction of sp³-hybridized carbons (Fsp3) is 0.263. The zero-order chi connectivity index (χ0) is 20.8. The molecule has 1 N–H and O–H groups in total. The maximum atomic E-state index is 12.4. The third kappa shape index (κ3) is 5.43. The summed E-state index contributed by atoms with van der Waals surface area (Å²) in [5.74, 6) is -1.32. The number of esters is 1. The summed E-state index contributed by atoms with van der Waals surface area (Å²) >= 11 is 5.94. The standard InChI is InChI=1S/C19H20ClN3O5/c1-12(13-5-4-6-14(20)9-13)21-18(24)11-28-19(25)16-10-15(23(26)27)7-8-17(16)22(2)3/h4-10,12H,11H2,1-3H3,(H,21,24)/t12-/m1/s1. The van der Waals surface area contributed by atoms with Gasteiger partial charge in [-0.15, -0.1) is 0 Å². The molecular weight excluding hydrogens is 386 g/mol. The molecule has 148 valence electrons. The second kappa shape index (κ2) is 9.18. The topological polar surface area (TPSA) is 102 Å². The zero-order valence-electron chi connectivity index (χ0n) is 15.6. The Morgan fingerprint density at radius 2 is 1.96 bits per heavy atom. The van der Waals surface area contributed by atoms with E-state index in [1.165, 1.54) is 12.1 Å². The SMILES string of the molecule is C[C@@H](NC(=O)COC(=O)c1cc([N+](=O)[O-])ccc1N(C)C)c1cccc(Cl)c1. The van der Waals surface area contributed by atoms with E-state index in [1.54, 1.807) is 44.1 Å². The van der Waals surface area contributed by atoms with Crippen LogP contribution in [0.25, 0.3) is 0 Å². The van der Waals surface area contributed by atoms with Gasteiger partial charge in [0.25, 0.3) is 11.6 Å². The summed E-state index contributed by atoms with van der Waals surface area (Å²) in [5, 5.41) is 14.2. The monoisotopic (exact) mass is 405 g/mol. The van der Waals surface area contributed by atoms with E-state index in [2.05, 4.69) is 5.32 Å². The van der Waals surface area contributed by atoms with E-state index in [0.29, 0.717) is 10.7 Å². The molecule has 0 radical (unpaired) electrons. The van der Waals surface area contributed by atoms with Crippen molar-refractivity contribution in [2.75, 3.05) is 25.6 Å². The van der Waals surface area contributed by atoms with Gasteiger partial charge in [-0.05, 0) is 30.7 Å². The average molecular weight is 406 g/mol. The first-order chi connectivity index (χ1) is 13.2. The molecule has 1 amide bonds. The molecule has 0 fully saturated rings. The molecule has 2 aromatic carbocycles. The number of benzene rings is 2. The minimum Gasteiger partial charge on any atom is -0.452 e. The fourth-order valence-electron chi connectivity index (χ4n) is 2.54. The van der Waals surface area contributed by atoms with Gasteiger partial charge in [0.1, 0.15) is 0 Å². The number of nitro groups is 1. The second-order valence-corrected chi connectivity index (χ2v) is 6.71. The van der Waals surface area contributed by atoms with Crippen LogP contribution in [0.4, 0.5) is 11.4 Å². The third-order valence-electron chi connectivity index (χ3n) is 3.95.